The first-order valence-electron chi connectivity index (χ1n) is 3.33. The quantitative estimate of drug-likeness (QED) is 0.627. The highest BCUT2D eigenvalue weighted by Crippen LogP contribution is 2.14. The molecule has 0 atom stereocenters. The zero-order chi connectivity index (χ0) is 8.55. The van der Waals surface area contributed by atoms with Gasteiger partial charge in [0.25, 0.3) is 5.89 Å². The Labute approximate surface area is 66.6 Å². The van der Waals surface area contributed by atoms with E-state index in [0.717, 1.165) is 5.56 Å². The lowest BCUT2D eigenvalue weighted by molar-refractivity contribution is 0.524. The van der Waals surface area contributed by atoms with E-state index < -0.39 is 5.76 Å². The first kappa shape index (κ1) is 6.84. The molecule has 6 heteroatoms. The zero-order valence-corrected chi connectivity index (χ0v) is 6.29. The molecule has 2 heterocycles. The fourth-order valence-electron chi connectivity index (χ4n) is 0.900. The van der Waals surface area contributed by atoms with Crippen LogP contribution in [0.5, 0.6) is 0 Å². The smallest absolute Gasteiger partial charge is 0.386 e. The predicted octanol–water partition coefficient (Wildman–Crippen LogP) is 0.0614. The van der Waals surface area contributed by atoms with Crippen LogP contribution in [0.25, 0.3) is 11.6 Å². The topological polar surface area (TPSA) is 87.6 Å². The first-order chi connectivity index (χ1) is 5.77. The van der Waals surface area contributed by atoms with E-state index in [9.17, 15) is 4.79 Å². The second-order valence-electron chi connectivity index (χ2n) is 2.35. The van der Waals surface area contributed by atoms with Crippen LogP contribution in [0.4, 0.5) is 0 Å². The van der Waals surface area contributed by atoms with Crippen molar-refractivity contribution in [3.05, 3.63) is 22.3 Å². The normalized spacial score (nSPS) is 10.4. The highest BCUT2D eigenvalue weighted by Gasteiger charge is 2.09. The van der Waals surface area contributed by atoms with Crippen molar-refractivity contribution < 1.29 is 4.42 Å². The van der Waals surface area contributed by atoms with Crippen LogP contribution in [0.2, 0.25) is 0 Å². The third kappa shape index (κ3) is 0.931. The molecule has 12 heavy (non-hydrogen) atoms. The number of H-pyrrole nitrogens is 2. The molecular formula is C6H6N4O2. The molecule has 2 aromatic heterocycles. The number of hydrogen-bond donors (Lipinski definition) is 2. The summed E-state index contributed by atoms with van der Waals surface area (Å²) in [4.78, 5) is 10.6. The summed E-state index contributed by atoms with van der Waals surface area (Å²) in [6.45, 7) is 1.84. The van der Waals surface area contributed by atoms with E-state index in [1.165, 1.54) is 0 Å². The number of rotatable bonds is 1. The van der Waals surface area contributed by atoms with Crippen LogP contribution < -0.4 is 5.76 Å². The molecule has 2 rings (SSSR count). The molecule has 0 aromatic carbocycles. The van der Waals surface area contributed by atoms with Gasteiger partial charge in [-0.05, 0) is 12.5 Å². The summed E-state index contributed by atoms with van der Waals surface area (Å²) in [6, 6.07) is 0. The molecule has 0 aliphatic carbocycles. The molecule has 6 nitrogen and oxygen atoms in total. The van der Waals surface area contributed by atoms with Crippen molar-refractivity contribution in [2.45, 2.75) is 6.92 Å². The van der Waals surface area contributed by atoms with E-state index in [1.807, 2.05) is 6.92 Å². The summed E-state index contributed by atoms with van der Waals surface area (Å²) in [6.07, 6.45) is 1.63. The lowest BCUT2D eigenvalue weighted by Gasteiger charge is -1.87. The minimum atomic E-state index is -0.570. The van der Waals surface area contributed by atoms with Crippen LogP contribution in [0, 0.1) is 6.92 Å². The molecule has 0 amide bonds. The van der Waals surface area contributed by atoms with E-state index in [-0.39, 0.29) is 5.89 Å². The van der Waals surface area contributed by atoms with Crippen molar-refractivity contribution in [2.24, 2.45) is 0 Å². The molecular weight excluding hydrogens is 160 g/mol. The number of aromatic nitrogens is 4. The lowest BCUT2D eigenvalue weighted by atomic mass is 10.3. The van der Waals surface area contributed by atoms with E-state index in [4.69, 9.17) is 4.42 Å². The average molecular weight is 166 g/mol. The van der Waals surface area contributed by atoms with Gasteiger partial charge in [0.1, 0.15) is 5.69 Å². The second kappa shape index (κ2) is 2.33. The molecule has 0 bridgehead atoms. The van der Waals surface area contributed by atoms with Crippen molar-refractivity contribution in [2.75, 3.05) is 0 Å². The molecule has 0 spiro atoms. The van der Waals surface area contributed by atoms with Crippen molar-refractivity contribution in [1.82, 2.24) is 20.4 Å². The molecule has 0 saturated heterocycles. The maximum absolute atomic E-state index is 10.6. The number of aryl methyl sites for hydroxylation is 1. The molecule has 62 valence electrons. The van der Waals surface area contributed by atoms with Crippen molar-refractivity contribution in [3.8, 4) is 11.6 Å². The van der Waals surface area contributed by atoms with Crippen molar-refractivity contribution in [3.63, 3.8) is 0 Å². The highest BCUT2D eigenvalue weighted by molar-refractivity contribution is 5.50. The maximum atomic E-state index is 10.6. The van der Waals surface area contributed by atoms with Crippen LogP contribution in [0.1, 0.15) is 5.56 Å². The van der Waals surface area contributed by atoms with Crippen LogP contribution in [0.15, 0.2) is 15.4 Å². The monoisotopic (exact) mass is 166 g/mol. The van der Waals surface area contributed by atoms with Crippen LogP contribution in [-0.4, -0.2) is 20.4 Å². The number of hydrogen-bond acceptors (Lipinski definition) is 4. The van der Waals surface area contributed by atoms with Gasteiger partial charge < -0.3 is 4.42 Å². The molecule has 2 aromatic rings. The Balaban J connectivity index is 2.57. The van der Waals surface area contributed by atoms with Gasteiger partial charge in [0.05, 0.1) is 6.20 Å². The van der Waals surface area contributed by atoms with E-state index in [0.29, 0.717) is 5.69 Å². The van der Waals surface area contributed by atoms with Gasteiger partial charge in [-0.25, -0.2) is 9.89 Å². The molecule has 0 unspecified atom stereocenters. The van der Waals surface area contributed by atoms with Gasteiger partial charge in [-0.3, -0.25) is 5.10 Å². The summed E-state index contributed by atoms with van der Waals surface area (Å²) in [5.41, 5.74) is 1.50. The lowest BCUT2D eigenvalue weighted by Crippen LogP contribution is -1.93. The Morgan fingerprint density at radius 3 is 2.83 bits per heavy atom. The Morgan fingerprint density at radius 1 is 1.50 bits per heavy atom. The minimum absolute atomic E-state index is 0.231. The largest absolute Gasteiger partial charge is 0.434 e. The molecule has 0 saturated carbocycles. The second-order valence-corrected chi connectivity index (χ2v) is 2.35. The van der Waals surface area contributed by atoms with Crippen LogP contribution >= 0.6 is 0 Å². The summed E-state index contributed by atoms with van der Waals surface area (Å²) in [5, 5.41) is 12.2. The first-order valence-corrected chi connectivity index (χ1v) is 3.33. The van der Waals surface area contributed by atoms with Crippen molar-refractivity contribution >= 4 is 0 Å². The zero-order valence-electron chi connectivity index (χ0n) is 6.29. The maximum Gasteiger partial charge on any atom is 0.434 e. The number of nitrogens with one attached hydrogen (secondary N) is 2. The Bertz CT molecular complexity index is 438. The summed E-state index contributed by atoms with van der Waals surface area (Å²) < 4.78 is 4.72. The van der Waals surface area contributed by atoms with Gasteiger partial charge in [0.2, 0.25) is 0 Å². The summed E-state index contributed by atoms with van der Waals surface area (Å²) in [5.74, 6) is -0.339. The Kier molecular flexibility index (Phi) is 1.33. The standard InChI is InChI=1S/C6H6N4O2/c1-3-2-7-8-4(3)5-9-10-6(11)12-5/h2H,1H3,(H,7,8)(H,10,11). The van der Waals surface area contributed by atoms with Gasteiger partial charge in [-0.1, -0.05) is 0 Å². The van der Waals surface area contributed by atoms with Gasteiger partial charge in [-0.15, -0.1) is 5.10 Å². The number of nitrogens with zero attached hydrogens (tertiary/aromatic N) is 2. The molecule has 2 N–H and O–H groups in total. The van der Waals surface area contributed by atoms with E-state index in [1.54, 1.807) is 6.20 Å². The molecule has 0 aliphatic rings. The predicted molar refractivity (Wildman–Crippen MR) is 39.4 cm³/mol. The molecule has 0 radical (unpaired) electrons. The van der Waals surface area contributed by atoms with Crippen LogP contribution in [-0.2, 0) is 0 Å². The highest BCUT2D eigenvalue weighted by atomic mass is 16.4. The van der Waals surface area contributed by atoms with Gasteiger partial charge in [0.15, 0.2) is 0 Å². The fraction of sp³-hybridized carbons (Fsp3) is 0.167. The minimum Gasteiger partial charge on any atom is -0.386 e. The summed E-state index contributed by atoms with van der Waals surface area (Å²) in [7, 11) is 0. The molecule has 0 aliphatic heterocycles. The Morgan fingerprint density at radius 2 is 2.33 bits per heavy atom. The Hall–Kier alpha value is -1.85. The number of aromatic amines is 2. The van der Waals surface area contributed by atoms with Crippen molar-refractivity contribution in [1.29, 1.82) is 0 Å². The van der Waals surface area contributed by atoms with E-state index >= 15 is 0 Å². The van der Waals surface area contributed by atoms with Gasteiger partial charge >= 0.3 is 5.76 Å². The molecule has 0 fully saturated rings. The third-order valence-corrected chi connectivity index (χ3v) is 1.48. The SMILES string of the molecule is Cc1cn[nH]c1-c1n[nH]c(=O)o1. The van der Waals surface area contributed by atoms with Gasteiger partial charge in [-0.2, -0.15) is 5.10 Å². The van der Waals surface area contributed by atoms with Crippen LogP contribution in [0.3, 0.4) is 0 Å². The van der Waals surface area contributed by atoms with E-state index in [2.05, 4.69) is 20.4 Å². The summed E-state index contributed by atoms with van der Waals surface area (Å²) >= 11 is 0. The third-order valence-electron chi connectivity index (χ3n) is 1.48. The average Bonchev–Trinajstić information content (AvgIpc) is 2.58. The fourth-order valence-corrected chi connectivity index (χ4v) is 0.900. The van der Waals surface area contributed by atoms with Gasteiger partial charge in [0, 0.05) is 0 Å².